The predicted molar refractivity (Wildman–Crippen MR) is 188 cm³/mol. The lowest BCUT2D eigenvalue weighted by Crippen LogP contribution is -2.31. The average molecular weight is 738 g/mol. The molecule has 6 rings (SSSR count). The van der Waals surface area contributed by atoms with Gasteiger partial charge >= 0.3 is 24.4 Å². The zero-order chi connectivity index (χ0) is 38.7. The SMILES string of the molecule is C=C(C)c1cc(-c2cc(-c3ccc(C(=O)OC)cc3C)ccc2C)c([C@@H]2CC[C@H]3[C@@H](c4cc(C(F)(F)F)cc(C(F)(F)F)c4)OC(=O)N23)nc1N(C)C. The van der Waals surface area contributed by atoms with Crippen LogP contribution >= 0.6 is 0 Å². The van der Waals surface area contributed by atoms with E-state index >= 15 is 0 Å². The van der Waals surface area contributed by atoms with Crippen LogP contribution in [0.5, 0.6) is 0 Å². The van der Waals surface area contributed by atoms with Crippen LogP contribution in [0, 0.1) is 13.8 Å². The number of aryl methyl sites for hydroxylation is 2. The van der Waals surface area contributed by atoms with Gasteiger partial charge in [0, 0.05) is 25.2 Å². The summed E-state index contributed by atoms with van der Waals surface area (Å²) in [6.45, 7) is 9.83. The number of carbonyl (C=O) groups excluding carboxylic acids is 2. The Hall–Kier alpha value is -5.33. The molecule has 4 aromatic rings. The number of benzene rings is 3. The second-order valence-corrected chi connectivity index (χ2v) is 13.7. The van der Waals surface area contributed by atoms with Crippen LogP contribution in [0.3, 0.4) is 0 Å². The number of halogens is 6. The maximum absolute atomic E-state index is 13.8. The van der Waals surface area contributed by atoms with E-state index in [4.69, 9.17) is 14.5 Å². The fourth-order valence-corrected chi connectivity index (χ4v) is 7.30. The molecule has 3 atom stereocenters. The third-order valence-electron chi connectivity index (χ3n) is 9.87. The van der Waals surface area contributed by atoms with Crippen molar-refractivity contribution in [3.63, 3.8) is 0 Å². The first kappa shape index (κ1) is 37.4. The van der Waals surface area contributed by atoms with Gasteiger partial charge in [0.15, 0.2) is 0 Å². The van der Waals surface area contributed by atoms with Gasteiger partial charge < -0.3 is 14.4 Å². The normalized spacial score (nSPS) is 18.5. The number of allylic oxidation sites excluding steroid dienone is 1. The van der Waals surface area contributed by atoms with E-state index in [1.54, 1.807) is 12.1 Å². The zero-order valence-corrected chi connectivity index (χ0v) is 29.9. The fourth-order valence-electron chi connectivity index (χ4n) is 7.30. The molecule has 0 aliphatic carbocycles. The number of methoxy groups -OCH3 is 1. The second kappa shape index (κ2) is 13.6. The molecule has 3 aromatic carbocycles. The van der Waals surface area contributed by atoms with Crippen molar-refractivity contribution >= 4 is 23.5 Å². The van der Waals surface area contributed by atoms with Crippen molar-refractivity contribution in [3.8, 4) is 22.3 Å². The van der Waals surface area contributed by atoms with E-state index in [0.29, 0.717) is 41.2 Å². The summed E-state index contributed by atoms with van der Waals surface area (Å²) in [5.41, 5.74) is 3.92. The summed E-state index contributed by atoms with van der Waals surface area (Å²) in [5, 5.41) is 0. The Balaban J connectivity index is 1.48. The minimum absolute atomic E-state index is 0.0586. The standard InChI is InChI=1S/C40H37F6N3O4/c1-20(2)29-19-31(30-17-23(9-8-21(30)3)28-11-10-24(14-22(28)4)37(50)52-7)34(47-36(29)48(5)6)32-12-13-33-35(53-38(51)49(32)33)25-15-26(39(41,42)43)18-27(16-25)40(44,45)46/h8-11,14-19,32-33,35H,1,12-13H2,2-7H3/t32-,33-,35+/m0/s1. The fraction of sp³-hybridized carbons (Fsp3) is 0.325. The van der Waals surface area contributed by atoms with Gasteiger partial charge in [-0.15, -0.1) is 0 Å². The first-order valence-electron chi connectivity index (χ1n) is 16.8. The summed E-state index contributed by atoms with van der Waals surface area (Å²) in [7, 11) is 4.94. The molecule has 0 radical (unpaired) electrons. The summed E-state index contributed by atoms with van der Waals surface area (Å²) >= 11 is 0. The molecule has 0 spiro atoms. The molecule has 2 saturated heterocycles. The molecule has 2 fully saturated rings. The van der Waals surface area contributed by atoms with Crippen LogP contribution in [-0.2, 0) is 21.8 Å². The summed E-state index contributed by atoms with van der Waals surface area (Å²) in [6.07, 6.45) is -11.8. The molecule has 2 aliphatic rings. The lowest BCUT2D eigenvalue weighted by atomic mass is 9.89. The summed E-state index contributed by atoms with van der Waals surface area (Å²) in [4.78, 5) is 34.1. The van der Waals surface area contributed by atoms with Crippen LogP contribution in [0.1, 0.15) is 81.3 Å². The minimum Gasteiger partial charge on any atom is -0.465 e. The topological polar surface area (TPSA) is 72.0 Å². The zero-order valence-electron chi connectivity index (χ0n) is 29.9. The quantitative estimate of drug-likeness (QED) is 0.139. The second-order valence-electron chi connectivity index (χ2n) is 13.7. The van der Waals surface area contributed by atoms with Crippen LogP contribution in [0.15, 0.2) is 67.2 Å². The Morgan fingerprint density at radius 2 is 1.55 bits per heavy atom. The van der Waals surface area contributed by atoms with Crippen LogP contribution in [0.25, 0.3) is 27.8 Å². The first-order chi connectivity index (χ1) is 24.8. The number of hydrogen-bond acceptors (Lipinski definition) is 6. The molecule has 13 heteroatoms. The molecule has 1 amide bonds. The van der Waals surface area contributed by atoms with E-state index < -0.39 is 53.7 Å². The molecule has 1 aromatic heterocycles. The van der Waals surface area contributed by atoms with Crippen LogP contribution in [-0.4, -0.2) is 49.2 Å². The lowest BCUT2D eigenvalue weighted by Gasteiger charge is -2.27. The third-order valence-corrected chi connectivity index (χ3v) is 9.87. The molecule has 0 bridgehead atoms. The highest BCUT2D eigenvalue weighted by Gasteiger charge is 2.52. The minimum atomic E-state index is -5.06. The molecule has 0 unspecified atom stereocenters. The smallest absolute Gasteiger partial charge is 0.416 e. The molecule has 278 valence electrons. The van der Waals surface area contributed by atoms with Gasteiger partial charge in [0.1, 0.15) is 11.9 Å². The van der Waals surface area contributed by atoms with Gasteiger partial charge in [-0.1, -0.05) is 24.8 Å². The monoisotopic (exact) mass is 737 g/mol. The van der Waals surface area contributed by atoms with E-state index in [1.807, 2.05) is 70.1 Å². The number of carbonyl (C=O) groups is 2. The van der Waals surface area contributed by atoms with E-state index in [1.165, 1.54) is 12.0 Å². The molecule has 7 nitrogen and oxygen atoms in total. The predicted octanol–water partition coefficient (Wildman–Crippen LogP) is 10.4. The average Bonchev–Trinajstić information content (AvgIpc) is 3.67. The van der Waals surface area contributed by atoms with Gasteiger partial charge in [0.2, 0.25) is 0 Å². The number of fused-ring (bicyclic) bond motifs is 1. The number of aromatic nitrogens is 1. The Morgan fingerprint density at radius 3 is 2.11 bits per heavy atom. The Morgan fingerprint density at radius 1 is 0.887 bits per heavy atom. The number of amides is 1. The van der Waals surface area contributed by atoms with Crippen molar-refractivity contribution in [1.29, 1.82) is 0 Å². The van der Waals surface area contributed by atoms with Gasteiger partial charge in [-0.3, -0.25) is 4.90 Å². The molecule has 53 heavy (non-hydrogen) atoms. The number of pyridine rings is 1. The molecular formula is C40H37F6N3O4. The number of anilines is 1. The van der Waals surface area contributed by atoms with Crippen molar-refractivity contribution in [1.82, 2.24) is 9.88 Å². The van der Waals surface area contributed by atoms with Gasteiger partial charge in [-0.25, -0.2) is 14.6 Å². The van der Waals surface area contributed by atoms with Crippen LogP contribution in [0.4, 0.5) is 37.0 Å². The number of cyclic esters (lactones) is 1. The molecule has 2 aliphatic heterocycles. The number of hydrogen-bond donors (Lipinski definition) is 0. The maximum Gasteiger partial charge on any atom is 0.416 e. The number of esters is 1. The van der Waals surface area contributed by atoms with Crippen molar-refractivity contribution < 1.29 is 45.4 Å². The van der Waals surface area contributed by atoms with Gasteiger partial charge in [-0.05, 0) is 115 Å². The van der Waals surface area contributed by atoms with E-state index in [-0.39, 0.29) is 18.1 Å². The van der Waals surface area contributed by atoms with Crippen molar-refractivity contribution in [3.05, 3.63) is 112 Å². The Labute approximate surface area is 302 Å². The highest BCUT2D eigenvalue weighted by Crippen LogP contribution is 2.51. The maximum atomic E-state index is 13.8. The van der Waals surface area contributed by atoms with Crippen molar-refractivity contribution in [2.75, 3.05) is 26.1 Å². The van der Waals surface area contributed by atoms with E-state index in [2.05, 4.69) is 6.58 Å². The highest BCUT2D eigenvalue weighted by atomic mass is 19.4. The largest absolute Gasteiger partial charge is 0.465 e. The van der Waals surface area contributed by atoms with Crippen molar-refractivity contribution in [2.24, 2.45) is 0 Å². The Kier molecular flexibility index (Phi) is 9.59. The van der Waals surface area contributed by atoms with Gasteiger partial charge in [-0.2, -0.15) is 26.3 Å². The number of rotatable bonds is 7. The number of ether oxygens (including phenoxy) is 2. The van der Waals surface area contributed by atoms with E-state index in [9.17, 15) is 35.9 Å². The van der Waals surface area contributed by atoms with E-state index in [0.717, 1.165) is 39.0 Å². The van der Waals surface area contributed by atoms with Gasteiger partial charge in [0.05, 0.1) is 41.6 Å². The van der Waals surface area contributed by atoms with Gasteiger partial charge in [0.25, 0.3) is 0 Å². The van der Waals surface area contributed by atoms with Crippen molar-refractivity contribution in [2.45, 2.75) is 64.2 Å². The van der Waals surface area contributed by atoms with Crippen LogP contribution < -0.4 is 4.90 Å². The van der Waals surface area contributed by atoms with Crippen LogP contribution in [0.2, 0.25) is 0 Å². The summed E-state index contributed by atoms with van der Waals surface area (Å²) in [5.74, 6) is 0.110. The molecule has 3 heterocycles. The Bertz CT molecular complexity index is 2110. The number of alkyl halides is 6. The molecular weight excluding hydrogens is 700 g/mol. The summed E-state index contributed by atoms with van der Waals surface area (Å²) < 4.78 is 93.2. The highest BCUT2D eigenvalue weighted by molar-refractivity contribution is 5.91. The first-order valence-corrected chi connectivity index (χ1v) is 16.8. The molecule has 0 saturated carbocycles. The number of nitrogens with zero attached hydrogens (tertiary/aromatic N) is 3. The lowest BCUT2D eigenvalue weighted by molar-refractivity contribution is -0.143. The molecule has 0 N–H and O–H groups in total. The third kappa shape index (κ3) is 6.96. The summed E-state index contributed by atoms with van der Waals surface area (Å²) in [6, 6.07) is 12.8.